The van der Waals surface area contributed by atoms with Gasteiger partial charge in [0.2, 0.25) is 0 Å². The van der Waals surface area contributed by atoms with Gasteiger partial charge in [-0.25, -0.2) is 0 Å². The van der Waals surface area contributed by atoms with Gasteiger partial charge in [-0.05, 0) is 30.5 Å². The van der Waals surface area contributed by atoms with Gasteiger partial charge < -0.3 is 4.74 Å². The fourth-order valence-corrected chi connectivity index (χ4v) is 1.42. The molecular formula is C11H11NO. The first-order valence-electron chi connectivity index (χ1n) is 4.20. The highest BCUT2D eigenvalue weighted by Crippen LogP contribution is 2.21. The van der Waals surface area contributed by atoms with Crippen LogP contribution in [0.4, 0.5) is 0 Å². The Balaban J connectivity index is 2.74. The number of rotatable bonds is 1. The number of aryl methyl sites for hydroxylation is 1. The molecule has 66 valence electrons. The predicted octanol–water partition coefficient (Wildman–Crippen LogP) is 2.55. The van der Waals surface area contributed by atoms with E-state index in [1.165, 1.54) is 5.39 Å². The molecule has 1 aromatic heterocycles. The van der Waals surface area contributed by atoms with E-state index in [1.807, 2.05) is 37.4 Å². The minimum absolute atomic E-state index is 0.878. The summed E-state index contributed by atoms with van der Waals surface area (Å²) >= 11 is 0. The molecule has 0 atom stereocenters. The van der Waals surface area contributed by atoms with E-state index in [4.69, 9.17) is 4.74 Å². The Morgan fingerprint density at radius 1 is 1.23 bits per heavy atom. The number of benzene rings is 1. The van der Waals surface area contributed by atoms with E-state index in [0.29, 0.717) is 0 Å². The van der Waals surface area contributed by atoms with Gasteiger partial charge in [-0.3, -0.25) is 4.98 Å². The number of ether oxygens (including phenoxy) is 1. The van der Waals surface area contributed by atoms with Crippen LogP contribution in [0.3, 0.4) is 0 Å². The molecule has 0 N–H and O–H groups in total. The highest BCUT2D eigenvalue weighted by Gasteiger charge is 1.98. The summed E-state index contributed by atoms with van der Waals surface area (Å²) in [4.78, 5) is 4.23. The first kappa shape index (κ1) is 8.05. The quantitative estimate of drug-likeness (QED) is 0.661. The van der Waals surface area contributed by atoms with Crippen LogP contribution in [0, 0.1) is 6.92 Å². The summed E-state index contributed by atoms with van der Waals surface area (Å²) in [5, 5.41) is 2.36. The van der Waals surface area contributed by atoms with E-state index < -0.39 is 0 Å². The molecule has 0 saturated carbocycles. The molecule has 0 unspecified atom stereocenters. The van der Waals surface area contributed by atoms with E-state index in [2.05, 4.69) is 4.98 Å². The van der Waals surface area contributed by atoms with Gasteiger partial charge in [0.05, 0.1) is 7.11 Å². The number of methoxy groups -OCH3 is 1. The lowest BCUT2D eigenvalue weighted by Gasteiger charge is -2.03. The van der Waals surface area contributed by atoms with Gasteiger partial charge in [0.25, 0.3) is 0 Å². The molecule has 0 aliphatic rings. The first-order valence-corrected chi connectivity index (χ1v) is 4.20. The van der Waals surface area contributed by atoms with Gasteiger partial charge in [0.1, 0.15) is 5.75 Å². The van der Waals surface area contributed by atoms with Crippen molar-refractivity contribution in [3.63, 3.8) is 0 Å². The van der Waals surface area contributed by atoms with Crippen molar-refractivity contribution < 1.29 is 4.74 Å². The lowest BCUT2D eigenvalue weighted by molar-refractivity contribution is 0.415. The maximum Gasteiger partial charge on any atom is 0.119 e. The highest BCUT2D eigenvalue weighted by molar-refractivity contribution is 5.85. The monoisotopic (exact) mass is 173 g/mol. The van der Waals surface area contributed by atoms with Crippen LogP contribution < -0.4 is 4.74 Å². The summed E-state index contributed by atoms with van der Waals surface area (Å²) in [5.41, 5.74) is 1.04. The fourth-order valence-electron chi connectivity index (χ4n) is 1.42. The zero-order valence-electron chi connectivity index (χ0n) is 7.74. The largest absolute Gasteiger partial charge is 0.497 e. The van der Waals surface area contributed by atoms with Gasteiger partial charge in [0, 0.05) is 17.3 Å². The first-order chi connectivity index (χ1) is 6.31. The number of hydrogen-bond donors (Lipinski definition) is 0. The van der Waals surface area contributed by atoms with Gasteiger partial charge >= 0.3 is 0 Å². The third kappa shape index (κ3) is 1.35. The predicted molar refractivity (Wildman–Crippen MR) is 53.0 cm³/mol. The van der Waals surface area contributed by atoms with E-state index >= 15 is 0 Å². The standard InChI is InChI=1S/C11H11NO/c1-8-11-7-10(13-2)4-3-9(11)5-6-12-8/h3-7H,1-2H3. The zero-order chi connectivity index (χ0) is 9.26. The second-order valence-corrected chi connectivity index (χ2v) is 2.98. The average Bonchev–Trinajstić information content (AvgIpc) is 2.18. The molecule has 2 rings (SSSR count). The minimum Gasteiger partial charge on any atom is -0.497 e. The van der Waals surface area contributed by atoms with Gasteiger partial charge in [-0.15, -0.1) is 0 Å². The molecule has 1 heterocycles. The summed E-state index contributed by atoms with van der Waals surface area (Å²) in [7, 11) is 1.67. The van der Waals surface area contributed by atoms with Crippen LogP contribution in [0.5, 0.6) is 5.75 Å². The van der Waals surface area contributed by atoms with E-state index in [-0.39, 0.29) is 0 Å². The van der Waals surface area contributed by atoms with Crippen molar-refractivity contribution in [2.75, 3.05) is 7.11 Å². The zero-order valence-corrected chi connectivity index (χ0v) is 7.74. The Morgan fingerprint density at radius 3 is 2.85 bits per heavy atom. The molecule has 0 radical (unpaired) electrons. The Labute approximate surface area is 77.2 Å². The van der Waals surface area contributed by atoms with Gasteiger partial charge in [0.15, 0.2) is 0 Å². The second-order valence-electron chi connectivity index (χ2n) is 2.98. The number of pyridine rings is 1. The van der Waals surface area contributed by atoms with Gasteiger partial charge in [-0.1, -0.05) is 6.07 Å². The minimum atomic E-state index is 0.878. The van der Waals surface area contributed by atoms with E-state index in [1.54, 1.807) is 7.11 Å². The van der Waals surface area contributed by atoms with Crippen LogP contribution in [-0.2, 0) is 0 Å². The number of fused-ring (bicyclic) bond motifs is 1. The molecular weight excluding hydrogens is 162 g/mol. The Bertz CT molecular complexity index is 437. The van der Waals surface area contributed by atoms with Crippen molar-refractivity contribution in [1.82, 2.24) is 4.98 Å². The van der Waals surface area contributed by atoms with Crippen LogP contribution in [-0.4, -0.2) is 12.1 Å². The number of aromatic nitrogens is 1. The topological polar surface area (TPSA) is 22.1 Å². The molecule has 13 heavy (non-hydrogen) atoms. The van der Waals surface area contributed by atoms with E-state index in [9.17, 15) is 0 Å². The summed E-state index contributed by atoms with van der Waals surface area (Å²) in [6, 6.07) is 8.02. The molecule has 2 nitrogen and oxygen atoms in total. The summed E-state index contributed by atoms with van der Waals surface area (Å²) in [6.07, 6.45) is 1.82. The molecule has 0 aliphatic carbocycles. The number of hydrogen-bond acceptors (Lipinski definition) is 2. The fraction of sp³-hybridized carbons (Fsp3) is 0.182. The molecule has 2 heteroatoms. The lowest BCUT2D eigenvalue weighted by atomic mass is 10.1. The van der Waals surface area contributed by atoms with Crippen molar-refractivity contribution in [1.29, 1.82) is 0 Å². The maximum absolute atomic E-state index is 5.15. The van der Waals surface area contributed by atoms with Crippen molar-refractivity contribution >= 4 is 10.8 Å². The number of nitrogens with zero attached hydrogens (tertiary/aromatic N) is 1. The normalized spacial score (nSPS) is 10.3. The molecule has 0 spiro atoms. The molecule has 0 fully saturated rings. The summed E-state index contributed by atoms with van der Waals surface area (Å²) < 4.78 is 5.15. The molecule has 1 aromatic carbocycles. The van der Waals surface area contributed by atoms with Crippen LogP contribution in [0.15, 0.2) is 30.5 Å². The van der Waals surface area contributed by atoms with Crippen molar-refractivity contribution in [2.24, 2.45) is 0 Å². The molecule has 0 bridgehead atoms. The third-order valence-electron chi connectivity index (χ3n) is 2.17. The summed E-state index contributed by atoms with van der Waals surface area (Å²) in [6.45, 7) is 2.00. The SMILES string of the molecule is COc1ccc2ccnc(C)c2c1. The van der Waals surface area contributed by atoms with E-state index in [0.717, 1.165) is 16.8 Å². The third-order valence-corrected chi connectivity index (χ3v) is 2.17. The van der Waals surface area contributed by atoms with Crippen LogP contribution in [0.1, 0.15) is 5.69 Å². The summed E-state index contributed by atoms with van der Waals surface area (Å²) in [5.74, 6) is 0.878. The molecule has 0 amide bonds. The highest BCUT2D eigenvalue weighted by atomic mass is 16.5. The smallest absolute Gasteiger partial charge is 0.119 e. The Morgan fingerprint density at radius 2 is 2.08 bits per heavy atom. The maximum atomic E-state index is 5.15. The molecule has 0 saturated heterocycles. The molecule has 2 aromatic rings. The Kier molecular flexibility index (Phi) is 1.89. The van der Waals surface area contributed by atoms with Crippen LogP contribution in [0.2, 0.25) is 0 Å². The lowest BCUT2D eigenvalue weighted by Crippen LogP contribution is -1.86. The van der Waals surface area contributed by atoms with Crippen LogP contribution >= 0.6 is 0 Å². The second kappa shape index (κ2) is 3.05. The van der Waals surface area contributed by atoms with Crippen molar-refractivity contribution in [3.05, 3.63) is 36.2 Å². The van der Waals surface area contributed by atoms with Crippen molar-refractivity contribution in [2.45, 2.75) is 6.92 Å². The van der Waals surface area contributed by atoms with Gasteiger partial charge in [-0.2, -0.15) is 0 Å². The Hall–Kier alpha value is -1.57. The molecule has 0 aliphatic heterocycles. The van der Waals surface area contributed by atoms with Crippen LogP contribution in [0.25, 0.3) is 10.8 Å². The van der Waals surface area contributed by atoms with Crippen molar-refractivity contribution in [3.8, 4) is 5.75 Å². The average molecular weight is 173 g/mol.